The van der Waals surface area contributed by atoms with E-state index in [0.717, 1.165) is 10.7 Å². The number of nitrogens with one attached hydrogen (secondary N) is 1. The van der Waals surface area contributed by atoms with Crippen molar-refractivity contribution in [2.24, 2.45) is 0 Å². The molecule has 1 amide bonds. The molecule has 0 unspecified atom stereocenters. The Labute approximate surface area is 157 Å². The van der Waals surface area contributed by atoms with E-state index in [-0.39, 0.29) is 22.8 Å². The number of aliphatic carboxylic acids is 1. The third kappa shape index (κ3) is 4.46. The largest absolute Gasteiger partial charge is 0.480 e. The van der Waals surface area contributed by atoms with Crippen LogP contribution in [0, 0.1) is 10.1 Å². The van der Waals surface area contributed by atoms with Gasteiger partial charge in [-0.25, -0.2) is 4.68 Å². The zero-order valence-corrected chi connectivity index (χ0v) is 14.2. The zero-order chi connectivity index (χ0) is 20.1. The van der Waals surface area contributed by atoms with E-state index in [1.807, 2.05) is 0 Å². The van der Waals surface area contributed by atoms with Gasteiger partial charge < -0.3 is 15.2 Å². The quantitative estimate of drug-likeness (QED) is 0.466. The lowest BCUT2D eigenvalue weighted by Gasteiger charge is -2.10. The van der Waals surface area contributed by atoms with Gasteiger partial charge in [0.25, 0.3) is 11.6 Å². The molecule has 28 heavy (non-hydrogen) atoms. The summed E-state index contributed by atoms with van der Waals surface area (Å²) in [6.07, 6.45) is 4.26. The number of carbonyl (C=O) groups excluding carboxylic acids is 1. The van der Waals surface area contributed by atoms with Crippen LogP contribution in [0.25, 0.3) is 0 Å². The van der Waals surface area contributed by atoms with E-state index in [2.05, 4.69) is 15.4 Å². The fourth-order valence-corrected chi connectivity index (χ4v) is 2.34. The number of carboxylic acid groups (broad SMARTS) is 1. The Morgan fingerprint density at radius 1 is 1.21 bits per heavy atom. The van der Waals surface area contributed by atoms with Crippen molar-refractivity contribution in [2.45, 2.75) is 6.54 Å². The second kappa shape index (κ2) is 7.95. The number of aromatic nitrogens is 3. The van der Waals surface area contributed by atoms with Gasteiger partial charge >= 0.3 is 5.97 Å². The van der Waals surface area contributed by atoms with Crippen molar-refractivity contribution in [3.05, 3.63) is 70.8 Å². The summed E-state index contributed by atoms with van der Waals surface area (Å²) in [6.45, 7) is -0.500. The number of carboxylic acids is 1. The fourth-order valence-electron chi connectivity index (χ4n) is 2.34. The number of nitrogens with zero attached hydrogens (tertiary/aromatic N) is 4. The molecule has 0 fully saturated rings. The van der Waals surface area contributed by atoms with Gasteiger partial charge in [-0.15, -0.1) is 0 Å². The number of rotatable bonds is 7. The van der Waals surface area contributed by atoms with Crippen molar-refractivity contribution in [3.8, 4) is 11.5 Å². The number of amides is 1. The Hall–Kier alpha value is -4.28. The summed E-state index contributed by atoms with van der Waals surface area (Å²) in [5.74, 6) is -1.36. The highest BCUT2D eigenvalue weighted by Gasteiger charge is 2.17. The lowest BCUT2D eigenvalue weighted by atomic mass is 10.2. The summed E-state index contributed by atoms with van der Waals surface area (Å²) < 4.78 is 6.55. The number of non-ortho nitro benzene ring substituents is 1. The van der Waals surface area contributed by atoms with Crippen LogP contribution >= 0.6 is 0 Å². The third-order valence-electron chi connectivity index (χ3n) is 3.46. The summed E-state index contributed by atoms with van der Waals surface area (Å²) >= 11 is 0. The Bertz CT molecular complexity index is 1030. The molecule has 142 valence electrons. The van der Waals surface area contributed by atoms with Gasteiger partial charge in [0.1, 0.15) is 23.7 Å². The maximum absolute atomic E-state index is 12.4. The highest BCUT2D eigenvalue weighted by Crippen LogP contribution is 2.29. The number of benzene rings is 1. The number of anilines is 1. The monoisotopic (exact) mass is 383 g/mol. The minimum Gasteiger partial charge on any atom is -0.480 e. The van der Waals surface area contributed by atoms with Crippen molar-refractivity contribution >= 4 is 23.3 Å². The van der Waals surface area contributed by atoms with E-state index >= 15 is 0 Å². The van der Waals surface area contributed by atoms with Gasteiger partial charge in [0.2, 0.25) is 0 Å². The van der Waals surface area contributed by atoms with Crippen LogP contribution in [0.5, 0.6) is 11.5 Å². The third-order valence-corrected chi connectivity index (χ3v) is 3.46. The van der Waals surface area contributed by atoms with E-state index in [9.17, 15) is 19.7 Å². The minimum absolute atomic E-state index is 0.0105. The molecule has 2 heterocycles. The van der Waals surface area contributed by atoms with E-state index in [4.69, 9.17) is 9.84 Å². The Kier molecular flexibility index (Phi) is 5.25. The first-order valence-electron chi connectivity index (χ1n) is 7.84. The molecule has 0 saturated heterocycles. The number of nitro benzene ring substituents is 1. The molecule has 1 aromatic carbocycles. The Balaban J connectivity index is 1.87. The van der Waals surface area contributed by atoms with Gasteiger partial charge in [0.15, 0.2) is 0 Å². The first kappa shape index (κ1) is 18.5. The highest BCUT2D eigenvalue weighted by molar-refractivity contribution is 6.03. The van der Waals surface area contributed by atoms with Crippen LogP contribution < -0.4 is 10.1 Å². The maximum Gasteiger partial charge on any atom is 0.325 e. The lowest BCUT2D eigenvalue weighted by molar-refractivity contribution is -0.384. The average Bonchev–Trinajstić information content (AvgIpc) is 3.10. The van der Waals surface area contributed by atoms with Crippen LogP contribution in [0.2, 0.25) is 0 Å². The van der Waals surface area contributed by atoms with Crippen LogP contribution in [0.1, 0.15) is 10.5 Å². The lowest BCUT2D eigenvalue weighted by Crippen LogP contribution is -2.20. The van der Waals surface area contributed by atoms with E-state index in [1.54, 1.807) is 18.3 Å². The van der Waals surface area contributed by atoms with E-state index in [1.165, 1.54) is 30.6 Å². The molecule has 0 atom stereocenters. The number of nitro groups is 1. The summed E-state index contributed by atoms with van der Waals surface area (Å²) in [5, 5.41) is 26.3. The number of ether oxygens (including phenoxy) is 1. The second-order valence-electron chi connectivity index (χ2n) is 5.49. The second-order valence-corrected chi connectivity index (χ2v) is 5.49. The predicted octanol–water partition coefficient (Wildman–Crippen LogP) is 2.32. The molecule has 0 spiro atoms. The van der Waals surface area contributed by atoms with Gasteiger partial charge in [0.05, 0.1) is 22.9 Å². The zero-order valence-electron chi connectivity index (χ0n) is 14.2. The van der Waals surface area contributed by atoms with Gasteiger partial charge in [0, 0.05) is 24.5 Å². The number of hydrogen-bond acceptors (Lipinski definition) is 7. The molecular formula is C17H13N5O6. The normalized spacial score (nSPS) is 10.3. The Morgan fingerprint density at radius 2 is 2.04 bits per heavy atom. The Morgan fingerprint density at radius 3 is 2.71 bits per heavy atom. The maximum atomic E-state index is 12.4. The van der Waals surface area contributed by atoms with Gasteiger partial charge in [-0.3, -0.25) is 24.7 Å². The molecule has 0 aliphatic rings. The molecule has 0 aliphatic heterocycles. The van der Waals surface area contributed by atoms with Crippen LogP contribution in [0.4, 0.5) is 11.4 Å². The predicted molar refractivity (Wildman–Crippen MR) is 95.2 cm³/mol. The van der Waals surface area contributed by atoms with Crippen LogP contribution in [-0.2, 0) is 11.3 Å². The van der Waals surface area contributed by atoms with E-state index in [0.29, 0.717) is 5.75 Å². The van der Waals surface area contributed by atoms with Crippen molar-refractivity contribution in [1.29, 1.82) is 0 Å². The van der Waals surface area contributed by atoms with E-state index < -0.39 is 23.3 Å². The molecule has 3 aromatic rings. The molecular weight excluding hydrogens is 370 g/mol. The topological polar surface area (TPSA) is 149 Å². The molecule has 0 radical (unpaired) electrons. The first-order valence-corrected chi connectivity index (χ1v) is 7.84. The molecule has 0 aliphatic carbocycles. The highest BCUT2D eigenvalue weighted by atomic mass is 16.6. The molecule has 0 bridgehead atoms. The molecule has 11 heteroatoms. The number of carbonyl (C=O) groups is 2. The minimum atomic E-state index is -1.17. The summed E-state index contributed by atoms with van der Waals surface area (Å²) in [7, 11) is 0. The molecule has 0 saturated carbocycles. The summed E-state index contributed by atoms with van der Waals surface area (Å²) in [4.78, 5) is 37.7. The standard InChI is InChI=1S/C17H13N5O6/c23-16(24)10-21-15(3-5-19-21)17(25)20-11-6-12(22(26)27)8-14(7-11)28-13-2-1-4-18-9-13/h1-9H,10H2,(H,20,25)(H,23,24). The SMILES string of the molecule is O=C(O)Cn1nccc1C(=O)Nc1cc(Oc2cccnc2)cc([N+](=O)[O-])c1. The molecule has 3 rings (SSSR count). The van der Waals surface area contributed by atoms with Crippen molar-refractivity contribution in [1.82, 2.24) is 14.8 Å². The van der Waals surface area contributed by atoms with Gasteiger partial charge in [-0.2, -0.15) is 5.10 Å². The van der Waals surface area contributed by atoms with Crippen molar-refractivity contribution < 1.29 is 24.4 Å². The number of hydrogen-bond donors (Lipinski definition) is 2. The summed E-state index contributed by atoms with van der Waals surface area (Å²) in [6, 6.07) is 8.36. The molecule has 11 nitrogen and oxygen atoms in total. The van der Waals surface area contributed by atoms with Gasteiger partial charge in [-0.05, 0) is 18.2 Å². The summed E-state index contributed by atoms with van der Waals surface area (Å²) in [5.41, 5.74) is -0.208. The van der Waals surface area contributed by atoms with Gasteiger partial charge in [-0.1, -0.05) is 0 Å². The molecule has 2 aromatic heterocycles. The van der Waals surface area contributed by atoms with Crippen molar-refractivity contribution in [2.75, 3.05) is 5.32 Å². The van der Waals surface area contributed by atoms with Crippen LogP contribution in [0.15, 0.2) is 55.0 Å². The van der Waals surface area contributed by atoms with Crippen molar-refractivity contribution in [3.63, 3.8) is 0 Å². The molecule has 2 N–H and O–H groups in total. The van der Waals surface area contributed by atoms with Crippen LogP contribution in [-0.4, -0.2) is 36.7 Å². The average molecular weight is 383 g/mol. The fraction of sp³-hybridized carbons (Fsp3) is 0.0588. The number of pyridine rings is 1. The van der Waals surface area contributed by atoms with Crippen LogP contribution in [0.3, 0.4) is 0 Å². The smallest absolute Gasteiger partial charge is 0.325 e. The first-order chi connectivity index (χ1) is 13.4.